The molecule has 1 saturated carbocycles. The van der Waals surface area contributed by atoms with Crippen molar-refractivity contribution >= 4 is 11.8 Å². The van der Waals surface area contributed by atoms with Gasteiger partial charge in [-0.2, -0.15) is 0 Å². The second kappa shape index (κ2) is 3.82. The molecule has 1 N–H and O–H groups in total. The van der Waals surface area contributed by atoms with Crippen LogP contribution in [-0.2, 0) is 0 Å². The van der Waals surface area contributed by atoms with Crippen molar-refractivity contribution in [3.8, 4) is 0 Å². The van der Waals surface area contributed by atoms with Gasteiger partial charge in [-0.1, -0.05) is 20.3 Å². The molecule has 0 aromatic heterocycles. The van der Waals surface area contributed by atoms with Crippen molar-refractivity contribution in [1.82, 2.24) is 5.32 Å². The van der Waals surface area contributed by atoms with Crippen LogP contribution in [0, 0.1) is 11.8 Å². The van der Waals surface area contributed by atoms with Crippen LogP contribution in [0.15, 0.2) is 0 Å². The van der Waals surface area contributed by atoms with E-state index < -0.39 is 0 Å². The fraction of sp³-hybridized carbons (Fsp3) is 1.00. The number of hydrogen-bond donors (Lipinski definition) is 1. The maximum absolute atomic E-state index is 3.81. The Kier molecular flexibility index (Phi) is 2.89. The molecule has 1 saturated heterocycles. The van der Waals surface area contributed by atoms with Crippen LogP contribution in [-0.4, -0.2) is 17.2 Å². The molecule has 0 bridgehead atoms. The third kappa shape index (κ3) is 2.04. The summed E-state index contributed by atoms with van der Waals surface area (Å²) in [6.07, 6.45) is 5.63. The van der Waals surface area contributed by atoms with Gasteiger partial charge in [-0.3, -0.25) is 0 Å². The fourth-order valence-corrected chi connectivity index (χ4v) is 4.00. The van der Waals surface area contributed by atoms with Crippen LogP contribution in [0.5, 0.6) is 0 Å². The minimum atomic E-state index is 0.487. The molecule has 1 nitrogen and oxygen atoms in total. The van der Waals surface area contributed by atoms with Gasteiger partial charge in [0, 0.05) is 0 Å². The Hall–Kier alpha value is 0.310. The quantitative estimate of drug-likeness (QED) is 0.750. The van der Waals surface area contributed by atoms with E-state index in [-0.39, 0.29) is 0 Å². The molecule has 0 amide bonds. The minimum Gasteiger partial charge on any atom is -0.302 e. The normalized spacial score (nSPS) is 40.6. The Morgan fingerprint density at radius 1 is 1.46 bits per heavy atom. The molecule has 1 heterocycles. The highest BCUT2D eigenvalue weighted by Gasteiger charge is 2.46. The Bertz CT molecular complexity index is 169. The van der Waals surface area contributed by atoms with Crippen LogP contribution in [0.4, 0.5) is 0 Å². The van der Waals surface area contributed by atoms with E-state index in [1.54, 1.807) is 0 Å². The van der Waals surface area contributed by atoms with E-state index in [1.165, 1.54) is 38.0 Å². The summed E-state index contributed by atoms with van der Waals surface area (Å²) in [4.78, 5) is 0.487. The zero-order chi connectivity index (χ0) is 9.31. The van der Waals surface area contributed by atoms with Crippen molar-refractivity contribution in [3.05, 3.63) is 0 Å². The molecule has 2 heteroatoms. The molecular formula is C11H21NS. The van der Waals surface area contributed by atoms with E-state index in [0.29, 0.717) is 4.87 Å². The lowest BCUT2D eigenvalue weighted by Gasteiger charge is -2.40. The lowest BCUT2D eigenvalue weighted by Crippen LogP contribution is -2.50. The second-order valence-corrected chi connectivity index (χ2v) is 6.06. The summed E-state index contributed by atoms with van der Waals surface area (Å²) in [5.41, 5.74) is 0. The number of nitrogens with one attached hydrogen (secondary N) is 1. The second-order valence-electron chi connectivity index (χ2n) is 4.71. The van der Waals surface area contributed by atoms with E-state index in [0.717, 1.165) is 11.8 Å². The van der Waals surface area contributed by atoms with Crippen molar-refractivity contribution < 1.29 is 0 Å². The maximum Gasteiger partial charge on any atom is 0.0673 e. The largest absolute Gasteiger partial charge is 0.302 e. The van der Waals surface area contributed by atoms with Crippen molar-refractivity contribution in [2.45, 2.75) is 44.4 Å². The molecule has 0 aromatic carbocycles. The first-order valence-corrected chi connectivity index (χ1v) is 6.64. The highest BCUT2D eigenvalue weighted by Crippen LogP contribution is 2.50. The monoisotopic (exact) mass is 199 g/mol. The van der Waals surface area contributed by atoms with Crippen LogP contribution in [0.2, 0.25) is 0 Å². The molecule has 2 rings (SSSR count). The van der Waals surface area contributed by atoms with Gasteiger partial charge in [0.25, 0.3) is 0 Å². The first-order chi connectivity index (χ1) is 6.27. The van der Waals surface area contributed by atoms with Crippen LogP contribution in [0.3, 0.4) is 0 Å². The molecule has 2 aliphatic rings. The van der Waals surface area contributed by atoms with E-state index in [9.17, 15) is 0 Å². The Morgan fingerprint density at radius 3 is 2.69 bits per heavy atom. The minimum absolute atomic E-state index is 0.487. The average molecular weight is 199 g/mol. The molecular weight excluding hydrogens is 178 g/mol. The van der Waals surface area contributed by atoms with E-state index >= 15 is 0 Å². The van der Waals surface area contributed by atoms with Gasteiger partial charge >= 0.3 is 0 Å². The fourth-order valence-electron chi connectivity index (χ4n) is 2.30. The van der Waals surface area contributed by atoms with E-state index in [4.69, 9.17) is 0 Å². The predicted octanol–water partition coefficient (Wildman–Crippen LogP) is 2.87. The molecule has 1 aliphatic carbocycles. The topological polar surface area (TPSA) is 12.0 Å². The third-order valence-electron chi connectivity index (χ3n) is 3.23. The lowest BCUT2D eigenvalue weighted by molar-refractivity contribution is 0.349. The maximum atomic E-state index is 3.81. The zero-order valence-corrected chi connectivity index (χ0v) is 9.62. The molecule has 13 heavy (non-hydrogen) atoms. The lowest BCUT2D eigenvalue weighted by atomic mass is 10.0. The van der Waals surface area contributed by atoms with Gasteiger partial charge in [0.15, 0.2) is 0 Å². The molecule has 0 spiro atoms. The molecule has 1 aliphatic heterocycles. The van der Waals surface area contributed by atoms with Crippen molar-refractivity contribution in [2.24, 2.45) is 11.8 Å². The first-order valence-electron chi connectivity index (χ1n) is 5.66. The van der Waals surface area contributed by atoms with Gasteiger partial charge in [-0.15, -0.1) is 11.8 Å². The highest BCUT2D eigenvalue weighted by molar-refractivity contribution is 8.00. The highest BCUT2D eigenvalue weighted by atomic mass is 32.2. The predicted molar refractivity (Wildman–Crippen MR) is 60.0 cm³/mol. The summed E-state index contributed by atoms with van der Waals surface area (Å²) in [5.74, 6) is 3.22. The van der Waals surface area contributed by atoms with Crippen molar-refractivity contribution in [2.75, 3.05) is 12.3 Å². The summed E-state index contributed by atoms with van der Waals surface area (Å²) in [5, 5.41) is 3.81. The molecule has 2 unspecified atom stereocenters. The van der Waals surface area contributed by atoms with Gasteiger partial charge < -0.3 is 5.32 Å². The summed E-state index contributed by atoms with van der Waals surface area (Å²) in [6.45, 7) is 5.90. The van der Waals surface area contributed by atoms with Crippen LogP contribution < -0.4 is 5.32 Å². The van der Waals surface area contributed by atoms with Gasteiger partial charge in [0.2, 0.25) is 0 Å². The standard InChI is InChI=1S/C11H21NS/c1-3-6-11(10-4-5-10)12-7-9(2)8-13-11/h9-10,12H,3-8H2,1-2H3. The van der Waals surface area contributed by atoms with Crippen molar-refractivity contribution in [3.63, 3.8) is 0 Å². The Labute approximate surface area is 86.0 Å². The van der Waals surface area contributed by atoms with Crippen LogP contribution >= 0.6 is 11.8 Å². The summed E-state index contributed by atoms with van der Waals surface area (Å²) < 4.78 is 0. The number of rotatable bonds is 3. The SMILES string of the molecule is CCCC1(C2CC2)NCC(C)CS1. The van der Waals surface area contributed by atoms with Gasteiger partial charge in [-0.05, 0) is 43.4 Å². The number of hydrogen-bond acceptors (Lipinski definition) is 2. The number of thioether (sulfide) groups is 1. The third-order valence-corrected chi connectivity index (χ3v) is 5.17. The summed E-state index contributed by atoms with van der Waals surface area (Å²) in [7, 11) is 0. The molecule has 0 radical (unpaired) electrons. The molecule has 2 fully saturated rings. The van der Waals surface area contributed by atoms with E-state index in [1.807, 2.05) is 0 Å². The zero-order valence-electron chi connectivity index (χ0n) is 8.81. The Balaban J connectivity index is 1.97. The van der Waals surface area contributed by atoms with Crippen LogP contribution in [0.25, 0.3) is 0 Å². The van der Waals surface area contributed by atoms with Gasteiger partial charge in [-0.25, -0.2) is 0 Å². The van der Waals surface area contributed by atoms with Crippen LogP contribution in [0.1, 0.15) is 39.5 Å². The smallest absolute Gasteiger partial charge is 0.0673 e. The van der Waals surface area contributed by atoms with Gasteiger partial charge in [0.05, 0.1) is 4.87 Å². The summed E-state index contributed by atoms with van der Waals surface area (Å²) >= 11 is 2.20. The Morgan fingerprint density at radius 2 is 2.23 bits per heavy atom. The molecule has 0 aromatic rings. The van der Waals surface area contributed by atoms with E-state index in [2.05, 4.69) is 30.9 Å². The summed E-state index contributed by atoms with van der Waals surface area (Å²) in [6, 6.07) is 0. The molecule has 2 atom stereocenters. The van der Waals surface area contributed by atoms with Crippen molar-refractivity contribution in [1.29, 1.82) is 0 Å². The first kappa shape index (κ1) is 9.85. The molecule has 76 valence electrons. The average Bonchev–Trinajstić information content (AvgIpc) is 2.93. The van der Waals surface area contributed by atoms with Gasteiger partial charge in [0.1, 0.15) is 0 Å².